The first-order valence-electron chi connectivity index (χ1n) is 46.2. The number of fused-ring (bicyclic) bond motifs is 18. The molecule has 17 aromatic carbocycles. The second kappa shape index (κ2) is 26.8. The molecule has 0 aromatic heterocycles. The first kappa shape index (κ1) is 72.8. The van der Waals surface area contributed by atoms with Gasteiger partial charge in [-0.2, -0.15) is 0 Å². The Bertz CT molecular complexity index is 6300. The summed E-state index contributed by atoms with van der Waals surface area (Å²) in [7, 11) is 0. The molecule has 8 aliphatic rings. The highest BCUT2D eigenvalue weighted by molar-refractivity contribution is 6.48. The van der Waals surface area contributed by atoms with Gasteiger partial charge in [0.15, 0.2) is 0 Å². The van der Waals surface area contributed by atoms with Crippen LogP contribution in [-0.4, -0.2) is 22.2 Å². The van der Waals surface area contributed by atoms with Gasteiger partial charge < -0.3 is 19.6 Å². The molecular weight excluding hydrogens is 1470 g/mol. The van der Waals surface area contributed by atoms with Crippen LogP contribution < -0.4 is 19.6 Å². The number of anilines is 8. The Morgan fingerprint density at radius 3 is 0.672 bits per heavy atom. The maximum absolute atomic E-state index is 2.75. The predicted molar refractivity (Wildman–Crippen MR) is 517 cm³/mol. The van der Waals surface area contributed by atoms with E-state index < -0.39 is 0 Å². The quantitative estimate of drug-likeness (QED) is 0.135. The molecule has 0 spiro atoms. The number of hydrogen-bond donors (Lipinski definition) is 0. The van der Waals surface area contributed by atoms with Gasteiger partial charge in [0.05, 0.1) is 0 Å². The molecule has 4 aliphatic carbocycles. The summed E-state index contributed by atoms with van der Waals surface area (Å²) in [6.45, 7) is 20.5. The van der Waals surface area contributed by atoms with Crippen LogP contribution in [0.5, 0.6) is 0 Å². The van der Waals surface area contributed by atoms with E-state index in [2.05, 4.69) is 378 Å². The molecule has 598 valence electrons. The summed E-state index contributed by atoms with van der Waals surface area (Å²) in [4.78, 5) is 11.0. The maximum atomic E-state index is 2.75. The molecule has 4 aliphatic heterocycles. The lowest BCUT2D eigenvalue weighted by atomic mass is 9.67. The Hall–Kier alpha value is -12.0. The first-order chi connectivity index (χ1) is 59.7. The molecule has 12 unspecified atom stereocenters. The van der Waals surface area contributed by atoms with Crippen molar-refractivity contribution in [2.45, 2.75) is 178 Å². The van der Waals surface area contributed by atoms with Crippen molar-refractivity contribution < 1.29 is 0 Å². The summed E-state index contributed by atoms with van der Waals surface area (Å²) >= 11 is 0. The van der Waals surface area contributed by atoms with E-state index in [0.29, 0.717) is 47.3 Å². The second-order valence-electron chi connectivity index (χ2n) is 39.7. The Balaban J connectivity index is 0.790. The lowest BCUT2D eigenvalue weighted by molar-refractivity contribution is 0.223. The number of nitrogens with zero attached hydrogens (tertiary/aromatic N) is 4. The van der Waals surface area contributed by atoms with E-state index >= 15 is 0 Å². The maximum Gasteiger partial charge on any atom is 0.0495 e. The highest BCUT2D eigenvalue weighted by Crippen LogP contribution is 2.67. The van der Waals surface area contributed by atoms with Gasteiger partial charge in [-0.15, -0.1) is 0 Å². The molecule has 12 atom stereocenters. The third-order valence-electron chi connectivity index (χ3n) is 33.1. The molecule has 0 bridgehead atoms. The van der Waals surface area contributed by atoms with Gasteiger partial charge >= 0.3 is 0 Å². The zero-order chi connectivity index (χ0) is 81.6. The van der Waals surface area contributed by atoms with Gasteiger partial charge in [-0.3, -0.25) is 0 Å². The van der Waals surface area contributed by atoms with Crippen molar-refractivity contribution in [2.75, 3.05) is 19.6 Å². The molecule has 4 fully saturated rings. The van der Waals surface area contributed by atoms with E-state index in [1.54, 1.807) is 0 Å². The van der Waals surface area contributed by atoms with Gasteiger partial charge in [0, 0.05) is 91.3 Å². The first-order valence-corrected chi connectivity index (χ1v) is 46.2. The van der Waals surface area contributed by atoms with Crippen LogP contribution >= 0.6 is 0 Å². The molecule has 4 nitrogen and oxygen atoms in total. The number of hydrogen-bond acceptors (Lipinski definition) is 4. The SMILES string of the molecule is CC1CCCC2(C)C1c1cc(-c3ccc4c5c(-c6ccccc6)c6c7ccc(-c8ccc9c(c8)C8C(C)CCCC8(C)N9c8ccccc8)c8c(-c9ccc%10c(c9)C9C(C)CCCC9(C)N%10c9ccccc9)ccc(c6c(-c6ccccc6)c5c5ccc(-c6ccc9c(c6)C6C(C)CCCC6(C)N9c6ccccc6)c3c45)c87)ccc1N2c1ccccc1. The zero-order valence-electron chi connectivity index (χ0n) is 71.8. The fourth-order valence-electron chi connectivity index (χ4n) is 28.7. The van der Waals surface area contributed by atoms with Crippen LogP contribution in [0.15, 0.2) is 303 Å². The van der Waals surface area contributed by atoms with Crippen LogP contribution in [0.3, 0.4) is 0 Å². The highest BCUT2D eigenvalue weighted by Gasteiger charge is 2.57. The fourth-order valence-corrected chi connectivity index (χ4v) is 28.7. The van der Waals surface area contributed by atoms with Crippen molar-refractivity contribution in [3.63, 3.8) is 0 Å². The van der Waals surface area contributed by atoms with E-state index in [0.717, 1.165) is 25.7 Å². The largest absolute Gasteiger partial charge is 0.335 e. The Kier molecular flexibility index (Phi) is 16.0. The monoisotopic (exact) mass is 1580 g/mol. The van der Waals surface area contributed by atoms with Crippen LogP contribution in [0.25, 0.3) is 131 Å². The topological polar surface area (TPSA) is 13.0 Å². The van der Waals surface area contributed by atoms with Gasteiger partial charge in [0.1, 0.15) is 0 Å². The minimum atomic E-state index is -0.0578. The third-order valence-corrected chi connectivity index (χ3v) is 33.1. The van der Waals surface area contributed by atoms with Crippen molar-refractivity contribution in [3.8, 4) is 66.8 Å². The number of para-hydroxylation sites is 4. The second-order valence-corrected chi connectivity index (χ2v) is 39.7. The van der Waals surface area contributed by atoms with Crippen LogP contribution in [-0.2, 0) is 0 Å². The van der Waals surface area contributed by atoms with Crippen molar-refractivity contribution >= 4 is 110 Å². The van der Waals surface area contributed by atoms with Crippen LogP contribution in [0.2, 0.25) is 0 Å². The van der Waals surface area contributed by atoms with Gasteiger partial charge in [0.2, 0.25) is 0 Å². The van der Waals surface area contributed by atoms with Gasteiger partial charge in [-0.05, 0) is 353 Å². The summed E-state index contributed by atoms with van der Waals surface area (Å²) in [5.74, 6) is 3.60. The van der Waals surface area contributed by atoms with Crippen LogP contribution in [0, 0.1) is 23.7 Å². The normalized spacial score (nSPS) is 25.7. The molecule has 0 saturated heterocycles. The molecule has 0 amide bonds. The number of rotatable bonds is 10. The molecule has 0 radical (unpaired) electrons. The zero-order valence-corrected chi connectivity index (χ0v) is 71.8. The highest BCUT2D eigenvalue weighted by atomic mass is 15.3. The summed E-state index contributed by atoms with van der Waals surface area (Å²) in [5, 5.41) is 16.0. The van der Waals surface area contributed by atoms with Crippen LogP contribution in [0.4, 0.5) is 45.5 Å². The van der Waals surface area contributed by atoms with E-state index in [9.17, 15) is 0 Å². The molecule has 4 heteroatoms. The number of benzene rings is 15. The van der Waals surface area contributed by atoms with E-state index in [1.807, 2.05) is 0 Å². The molecule has 25 rings (SSSR count). The van der Waals surface area contributed by atoms with E-state index in [-0.39, 0.29) is 22.2 Å². The van der Waals surface area contributed by atoms with E-state index in [4.69, 9.17) is 0 Å². The molecule has 4 heterocycles. The lowest BCUT2D eigenvalue weighted by Crippen LogP contribution is -2.47. The molecule has 0 N–H and O–H groups in total. The summed E-state index contributed by atoms with van der Waals surface area (Å²) in [6, 6.07) is 120. The van der Waals surface area contributed by atoms with Crippen molar-refractivity contribution in [1.29, 1.82) is 0 Å². The summed E-state index contributed by atoms with van der Waals surface area (Å²) < 4.78 is 0. The average molecular weight is 1580 g/mol. The predicted octanol–water partition coefficient (Wildman–Crippen LogP) is 32.7. The molecule has 122 heavy (non-hydrogen) atoms. The van der Waals surface area contributed by atoms with Crippen LogP contribution in [0.1, 0.15) is 178 Å². The Morgan fingerprint density at radius 1 is 0.221 bits per heavy atom. The lowest BCUT2D eigenvalue weighted by Gasteiger charge is -2.46. The van der Waals surface area contributed by atoms with Gasteiger partial charge in [0.25, 0.3) is 0 Å². The smallest absolute Gasteiger partial charge is 0.0495 e. The van der Waals surface area contributed by atoms with Crippen molar-refractivity contribution in [2.24, 2.45) is 23.7 Å². The Labute approximate surface area is 719 Å². The average Bonchev–Trinajstić information content (AvgIpc) is 1.50. The Morgan fingerprint density at radius 2 is 0.443 bits per heavy atom. The molecular formula is C118H106N4. The third kappa shape index (κ3) is 9.98. The fraction of sp³-hybridized carbons (Fsp3) is 0.271. The van der Waals surface area contributed by atoms with Gasteiger partial charge in [-0.25, -0.2) is 0 Å². The van der Waals surface area contributed by atoms with Crippen molar-refractivity contribution in [1.82, 2.24) is 0 Å². The van der Waals surface area contributed by atoms with Crippen molar-refractivity contribution in [3.05, 3.63) is 326 Å². The minimum absolute atomic E-state index is 0.0578. The van der Waals surface area contributed by atoms with Gasteiger partial charge in [-0.1, -0.05) is 260 Å². The minimum Gasteiger partial charge on any atom is -0.335 e. The van der Waals surface area contributed by atoms with E-state index in [1.165, 1.54) is 251 Å². The standard InChI is InChI=1S/C118H106N4/c1-71-31-27-63-115(5)111(71)93-67-77(47-59-97(93)119(115)81-39-19-11-20-40-81)85-51-55-89-105-90(56-52-86(103(85)105)78-48-60-98-94(68-78)112-72(2)32-28-64-116(112,6)120(98)82-41-21-12-22-42-82)108-102(76-37-17-10-18-38-76)110-92-58-54-88(80-50-62-100-96(70-80)114-74(4)34-30-66-118(114,8)122(100)84-45-25-14-26-46-84)104-87(53-57-91(106(92)104)109(110)101(107(89)108)75-35-15-9-16-36-75)79-49-61-99-95(69-79)113-73(3)33-29-65-117(113,7)121(99)83-43-23-13-24-44-83/h9-26,35-62,67-74,111-114H,27-34,63-66H2,1-8H3. The summed E-state index contributed by atoms with van der Waals surface area (Å²) in [5.41, 5.74) is 31.9. The summed E-state index contributed by atoms with van der Waals surface area (Å²) in [6.07, 6.45) is 14.5. The molecule has 4 saturated carbocycles. The molecule has 17 aromatic rings.